The van der Waals surface area contributed by atoms with Crippen molar-refractivity contribution in [3.63, 3.8) is 0 Å². The molecule has 0 amide bonds. The molecule has 0 saturated carbocycles. The lowest BCUT2D eigenvalue weighted by Crippen LogP contribution is -2.15. The molecule has 0 fully saturated rings. The van der Waals surface area contributed by atoms with Gasteiger partial charge < -0.3 is 0 Å². The zero-order chi connectivity index (χ0) is 14.2. The van der Waals surface area contributed by atoms with E-state index in [9.17, 15) is 8.42 Å². The van der Waals surface area contributed by atoms with Crippen molar-refractivity contribution in [2.24, 2.45) is 0 Å². The van der Waals surface area contributed by atoms with Crippen molar-refractivity contribution < 1.29 is 8.42 Å². The van der Waals surface area contributed by atoms with Gasteiger partial charge in [-0.05, 0) is 70.3 Å². The van der Waals surface area contributed by atoms with Gasteiger partial charge in [-0.15, -0.1) is 11.3 Å². The molecule has 0 atom stereocenters. The minimum absolute atomic E-state index is 0.325. The van der Waals surface area contributed by atoms with E-state index in [4.69, 9.17) is 0 Å². The molecule has 1 heterocycles. The Morgan fingerprint density at radius 2 is 1.95 bits per heavy atom. The lowest BCUT2D eigenvalue weighted by Gasteiger charge is -2.19. The van der Waals surface area contributed by atoms with Crippen molar-refractivity contribution in [3.8, 4) is 0 Å². The number of fused-ring (bicyclic) bond motifs is 1. The van der Waals surface area contributed by atoms with E-state index >= 15 is 0 Å². The van der Waals surface area contributed by atoms with Gasteiger partial charge in [-0.2, -0.15) is 0 Å². The number of sulfonamides is 1. The maximum Gasteiger partial charge on any atom is 0.272 e. The summed E-state index contributed by atoms with van der Waals surface area (Å²) in [6.07, 6.45) is 4.28. The molecule has 1 aliphatic carbocycles. The molecule has 1 N–H and O–H groups in total. The van der Waals surface area contributed by atoms with Gasteiger partial charge in [0.2, 0.25) is 0 Å². The Labute approximate surface area is 131 Å². The van der Waals surface area contributed by atoms with Crippen molar-refractivity contribution in [2.75, 3.05) is 4.72 Å². The Morgan fingerprint density at radius 1 is 1.15 bits per heavy atom. The second-order valence-corrected chi connectivity index (χ2v) is 8.46. The van der Waals surface area contributed by atoms with Crippen molar-refractivity contribution in [1.29, 1.82) is 0 Å². The van der Waals surface area contributed by atoms with Crippen LogP contribution in [0.25, 0.3) is 0 Å². The SMILES string of the molecule is O=S(=O)(Nc1cccc2c1CCCC2)c1sccc1Br. The second kappa shape index (κ2) is 5.50. The summed E-state index contributed by atoms with van der Waals surface area (Å²) in [7, 11) is -3.51. The normalized spacial score (nSPS) is 14.8. The van der Waals surface area contributed by atoms with Crippen LogP contribution in [-0.4, -0.2) is 8.42 Å². The van der Waals surface area contributed by atoms with Gasteiger partial charge in [-0.25, -0.2) is 8.42 Å². The molecule has 0 unspecified atom stereocenters. The number of anilines is 1. The molecular weight excluding hydrogens is 358 g/mol. The van der Waals surface area contributed by atoms with E-state index in [-0.39, 0.29) is 0 Å². The van der Waals surface area contributed by atoms with E-state index in [0.717, 1.165) is 30.5 Å². The highest BCUT2D eigenvalue weighted by Gasteiger charge is 2.22. The Hall–Kier alpha value is -0.850. The van der Waals surface area contributed by atoms with Crippen LogP contribution in [0.5, 0.6) is 0 Å². The van der Waals surface area contributed by atoms with Gasteiger partial charge in [0.1, 0.15) is 0 Å². The van der Waals surface area contributed by atoms with Crippen LogP contribution in [0.3, 0.4) is 0 Å². The van der Waals surface area contributed by atoms with Crippen LogP contribution in [0.2, 0.25) is 0 Å². The van der Waals surface area contributed by atoms with Gasteiger partial charge in [0, 0.05) is 4.47 Å². The largest absolute Gasteiger partial charge is 0.279 e. The molecule has 3 nitrogen and oxygen atoms in total. The fourth-order valence-corrected chi connectivity index (χ4v) is 5.97. The van der Waals surface area contributed by atoms with Gasteiger partial charge in [-0.1, -0.05) is 12.1 Å². The third-order valence-corrected chi connectivity index (χ3v) is 7.50. The minimum Gasteiger partial charge on any atom is -0.279 e. The molecule has 1 aromatic heterocycles. The molecule has 0 radical (unpaired) electrons. The molecule has 1 aliphatic rings. The maximum atomic E-state index is 12.4. The molecule has 3 rings (SSSR count). The summed E-state index contributed by atoms with van der Waals surface area (Å²) in [5.74, 6) is 0. The van der Waals surface area contributed by atoms with E-state index in [0.29, 0.717) is 8.68 Å². The van der Waals surface area contributed by atoms with E-state index in [1.165, 1.54) is 23.3 Å². The third kappa shape index (κ3) is 2.64. The summed E-state index contributed by atoms with van der Waals surface area (Å²) in [6.45, 7) is 0. The maximum absolute atomic E-state index is 12.4. The van der Waals surface area contributed by atoms with Crippen molar-refractivity contribution in [1.82, 2.24) is 0 Å². The summed E-state index contributed by atoms with van der Waals surface area (Å²) < 4.78 is 28.6. The van der Waals surface area contributed by atoms with Gasteiger partial charge in [0.15, 0.2) is 4.21 Å². The zero-order valence-corrected chi connectivity index (χ0v) is 13.9. The summed E-state index contributed by atoms with van der Waals surface area (Å²) in [6, 6.07) is 7.61. The molecule has 0 saturated heterocycles. The fourth-order valence-electron chi connectivity index (χ4n) is 2.54. The Balaban J connectivity index is 1.98. The smallest absolute Gasteiger partial charge is 0.272 e. The predicted molar refractivity (Wildman–Crippen MR) is 85.9 cm³/mol. The highest BCUT2D eigenvalue weighted by atomic mass is 79.9. The first-order valence-corrected chi connectivity index (χ1v) is 9.60. The zero-order valence-electron chi connectivity index (χ0n) is 10.7. The minimum atomic E-state index is -3.51. The van der Waals surface area contributed by atoms with Crippen LogP contribution < -0.4 is 4.72 Å². The average Bonchev–Trinajstić information content (AvgIpc) is 2.86. The molecule has 0 aliphatic heterocycles. The number of nitrogens with one attached hydrogen (secondary N) is 1. The lowest BCUT2D eigenvalue weighted by molar-refractivity contribution is 0.602. The summed E-state index contributed by atoms with van der Waals surface area (Å²) in [5.41, 5.74) is 3.14. The molecule has 0 spiro atoms. The molecule has 106 valence electrons. The number of aryl methyl sites for hydroxylation is 1. The summed E-state index contributed by atoms with van der Waals surface area (Å²) >= 11 is 4.50. The Kier molecular flexibility index (Phi) is 3.88. The number of hydrogen-bond donors (Lipinski definition) is 1. The Morgan fingerprint density at radius 3 is 2.70 bits per heavy atom. The highest BCUT2D eigenvalue weighted by molar-refractivity contribution is 9.10. The first kappa shape index (κ1) is 14.1. The molecular formula is C14H14BrNO2S2. The first-order valence-electron chi connectivity index (χ1n) is 6.44. The summed E-state index contributed by atoms with van der Waals surface area (Å²) in [5, 5.41) is 1.76. The summed E-state index contributed by atoms with van der Waals surface area (Å²) in [4.78, 5) is 0. The van der Waals surface area contributed by atoms with Crippen LogP contribution in [-0.2, 0) is 22.9 Å². The molecule has 0 bridgehead atoms. The van der Waals surface area contributed by atoms with Gasteiger partial charge in [0.05, 0.1) is 5.69 Å². The quantitative estimate of drug-likeness (QED) is 0.878. The number of benzene rings is 1. The average molecular weight is 372 g/mol. The highest BCUT2D eigenvalue weighted by Crippen LogP contribution is 2.32. The van der Waals surface area contributed by atoms with E-state index in [1.807, 2.05) is 12.1 Å². The number of rotatable bonds is 3. The van der Waals surface area contributed by atoms with Gasteiger partial charge in [-0.3, -0.25) is 4.72 Å². The molecule has 2 aromatic rings. The van der Waals surface area contributed by atoms with Crippen LogP contribution >= 0.6 is 27.3 Å². The van der Waals surface area contributed by atoms with Crippen molar-refractivity contribution in [2.45, 2.75) is 29.9 Å². The Bertz CT molecular complexity index is 737. The van der Waals surface area contributed by atoms with Crippen LogP contribution in [0.15, 0.2) is 38.3 Å². The van der Waals surface area contributed by atoms with Gasteiger partial charge in [0.25, 0.3) is 10.0 Å². The van der Waals surface area contributed by atoms with Crippen LogP contribution in [0.1, 0.15) is 24.0 Å². The molecule has 20 heavy (non-hydrogen) atoms. The topological polar surface area (TPSA) is 46.2 Å². The standard InChI is InChI=1S/C14H14BrNO2S2/c15-12-8-9-19-14(12)20(17,18)16-13-7-3-5-10-4-1-2-6-11(10)13/h3,5,7-9,16H,1-2,4,6H2. The second-order valence-electron chi connectivity index (χ2n) is 4.81. The monoisotopic (exact) mass is 371 g/mol. The number of thiophene rings is 1. The molecule has 1 aromatic carbocycles. The van der Waals surface area contributed by atoms with E-state index < -0.39 is 10.0 Å². The van der Waals surface area contributed by atoms with E-state index in [2.05, 4.69) is 26.7 Å². The lowest BCUT2D eigenvalue weighted by atomic mass is 9.91. The van der Waals surface area contributed by atoms with Gasteiger partial charge >= 0.3 is 0 Å². The number of hydrogen-bond acceptors (Lipinski definition) is 3. The van der Waals surface area contributed by atoms with Crippen molar-refractivity contribution >= 4 is 43.0 Å². The van der Waals surface area contributed by atoms with Crippen molar-refractivity contribution in [3.05, 3.63) is 45.2 Å². The van der Waals surface area contributed by atoms with E-state index in [1.54, 1.807) is 11.4 Å². The molecule has 6 heteroatoms. The first-order chi connectivity index (χ1) is 9.58. The fraction of sp³-hybridized carbons (Fsp3) is 0.286. The number of halogens is 1. The van der Waals surface area contributed by atoms with Crippen LogP contribution in [0, 0.1) is 0 Å². The third-order valence-electron chi connectivity index (χ3n) is 3.47. The predicted octanol–water partition coefficient (Wildman–Crippen LogP) is 4.19. The van der Waals surface area contributed by atoms with Crippen LogP contribution in [0.4, 0.5) is 5.69 Å².